The average Bonchev–Trinajstić information content (AvgIpc) is 2.52. The van der Waals surface area contributed by atoms with E-state index in [-0.39, 0.29) is 10.7 Å². The second kappa shape index (κ2) is 7.83. The number of hydrogen-bond donors (Lipinski definition) is 0. The van der Waals surface area contributed by atoms with Gasteiger partial charge in [0.2, 0.25) is 5.91 Å². The largest absolute Gasteiger partial charge is 0.368 e. The summed E-state index contributed by atoms with van der Waals surface area (Å²) in [5.41, 5.74) is 2.55. The number of carbonyl (C=O) groups is 1. The van der Waals surface area contributed by atoms with Crippen LogP contribution in [-0.4, -0.2) is 41.8 Å². The molecule has 1 saturated heterocycles. The molecule has 0 N–H and O–H groups in total. The van der Waals surface area contributed by atoms with E-state index in [2.05, 4.69) is 58.9 Å². The molecule has 0 spiro atoms. The predicted octanol–water partition coefficient (Wildman–Crippen LogP) is 3.60. The van der Waals surface area contributed by atoms with Crippen LogP contribution in [0, 0.1) is 6.92 Å². The van der Waals surface area contributed by atoms with Crippen molar-refractivity contribution >= 4 is 27.5 Å². The molecule has 1 unspecified atom stereocenters. The molecule has 1 atom stereocenters. The van der Waals surface area contributed by atoms with E-state index in [4.69, 9.17) is 0 Å². The number of alkyl halides is 1. The molecule has 1 amide bonds. The molecule has 0 aliphatic carbocycles. The molecule has 1 aliphatic heterocycles. The Labute approximate surface area is 136 Å². The smallest absolute Gasteiger partial charge is 0.236 e. The van der Waals surface area contributed by atoms with Gasteiger partial charge in [0.1, 0.15) is 0 Å². The Bertz CT molecular complexity index is 470. The topological polar surface area (TPSA) is 23.6 Å². The van der Waals surface area contributed by atoms with Crippen LogP contribution in [0.25, 0.3) is 0 Å². The van der Waals surface area contributed by atoms with E-state index in [0.717, 1.165) is 45.4 Å². The molecule has 0 saturated carbocycles. The minimum Gasteiger partial charge on any atom is -0.368 e. The Kier molecular flexibility index (Phi) is 6.09. The van der Waals surface area contributed by atoms with Crippen LogP contribution >= 0.6 is 15.9 Å². The normalized spacial score (nSPS) is 16.9. The zero-order valence-electron chi connectivity index (χ0n) is 13.0. The lowest BCUT2D eigenvalue weighted by Crippen LogP contribution is -2.50. The van der Waals surface area contributed by atoms with Crippen LogP contribution in [0.2, 0.25) is 0 Å². The summed E-state index contributed by atoms with van der Waals surface area (Å²) in [5, 5.41) is 0. The number of unbranched alkanes of at least 4 members (excludes halogenated alkanes) is 1. The van der Waals surface area contributed by atoms with Crippen molar-refractivity contribution in [1.82, 2.24) is 4.90 Å². The molecule has 3 nitrogen and oxygen atoms in total. The molecule has 0 bridgehead atoms. The van der Waals surface area contributed by atoms with Crippen LogP contribution in [0.1, 0.15) is 31.7 Å². The molecular weight excluding hydrogens is 328 g/mol. The first-order valence-corrected chi connectivity index (χ1v) is 8.78. The van der Waals surface area contributed by atoms with Gasteiger partial charge in [-0.3, -0.25) is 4.79 Å². The molecule has 21 heavy (non-hydrogen) atoms. The highest BCUT2D eigenvalue weighted by Crippen LogP contribution is 2.19. The molecule has 116 valence electrons. The molecular formula is C17H25BrN2O. The summed E-state index contributed by atoms with van der Waals surface area (Å²) >= 11 is 3.54. The van der Waals surface area contributed by atoms with E-state index in [1.807, 2.05) is 4.90 Å². The maximum absolute atomic E-state index is 12.4. The van der Waals surface area contributed by atoms with E-state index in [1.165, 1.54) is 11.3 Å². The third-order valence-corrected chi connectivity index (χ3v) is 4.89. The van der Waals surface area contributed by atoms with Crippen molar-refractivity contribution in [1.29, 1.82) is 0 Å². The molecule has 0 radical (unpaired) electrons. The van der Waals surface area contributed by atoms with Crippen molar-refractivity contribution in [3.05, 3.63) is 29.8 Å². The van der Waals surface area contributed by atoms with Gasteiger partial charge >= 0.3 is 0 Å². The van der Waals surface area contributed by atoms with Gasteiger partial charge in [0, 0.05) is 31.9 Å². The Morgan fingerprint density at radius 3 is 2.62 bits per heavy atom. The lowest BCUT2D eigenvalue weighted by molar-refractivity contribution is -0.130. The van der Waals surface area contributed by atoms with E-state index >= 15 is 0 Å². The van der Waals surface area contributed by atoms with Gasteiger partial charge < -0.3 is 9.80 Å². The Morgan fingerprint density at radius 1 is 1.29 bits per heavy atom. The highest BCUT2D eigenvalue weighted by molar-refractivity contribution is 9.10. The van der Waals surface area contributed by atoms with Crippen LogP contribution in [0.5, 0.6) is 0 Å². The first-order chi connectivity index (χ1) is 10.1. The van der Waals surface area contributed by atoms with Crippen LogP contribution in [0.3, 0.4) is 0 Å². The number of aryl methyl sites for hydroxylation is 1. The van der Waals surface area contributed by atoms with Crippen molar-refractivity contribution in [3.63, 3.8) is 0 Å². The third-order valence-electron chi connectivity index (χ3n) is 4.04. The fraction of sp³-hybridized carbons (Fsp3) is 0.588. The average molecular weight is 353 g/mol. The van der Waals surface area contributed by atoms with Gasteiger partial charge in [-0.2, -0.15) is 0 Å². The number of piperazine rings is 1. The Hall–Kier alpha value is -1.03. The minimum absolute atomic E-state index is 0.0111. The number of anilines is 1. The number of carbonyl (C=O) groups excluding carboxylic acids is 1. The maximum atomic E-state index is 12.4. The lowest BCUT2D eigenvalue weighted by atomic mass is 10.1. The summed E-state index contributed by atoms with van der Waals surface area (Å²) in [4.78, 5) is 16.7. The summed E-state index contributed by atoms with van der Waals surface area (Å²) in [5.74, 6) is 0.257. The molecule has 2 rings (SSSR count). The summed E-state index contributed by atoms with van der Waals surface area (Å²) in [6, 6.07) is 8.58. The summed E-state index contributed by atoms with van der Waals surface area (Å²) in [6.07, 6.45) is 3.18. The summed E-state index contributed by atoms with van der Waals surface area (Å²) in [6.45, 7) is 7.75. The van der Waals surface area contributed by atoms with Gasteiger partial charge in [0.05, 0.1) is 4.83 Å². The predicted molar refractivity (Wildman–Crippen MR) is 92.2 cm³/mol. The zero-order chi connectivity index (χ0) is 15.2. The van der Waals surface area contributed by atoms with Gasteiger partial charge in [-0.05, 0) is 31.0 Å². The van der Waals surface area contributed by atoms with Crippen molar-refractivity contribution in [2.45, 2.75) is 37.9 Å². The lowest BCUT2D eigenvalue weighted by Gasteiger charge is -2.37. The van der Waals surface area contributed by atoms with Crippen LogP contribution in [0.4, 0.5) is 5.69 Å². The van der Waals surface area contributed by atoms with Gasteiger partial charge in [-0.15, -0.1) is 0 Å². The van der Waals surface area contributed by atoms with Crippen LogP contribution in [0.15, 0.2) is 24.3 Å². The third kappa shape index (κ3) is 4.47. The minimum atomic E-state index is -0.0111. The summed E-state index contributed by atoms with van der Waals surface area (Å²) in [7, 11) is 0. The zero-order valence-corrected chi connectivity index (χ0v) is 14.6. The number of rotatable bonds is 5. The number of amides is 1. The maximum Gasteiger partial charge on any atom is 0.236 e. The van der Waals surface area contributed by atoms with E-state index in [1.54, 1.807) is 0 Å². The van der Waals surface area contributed by atoms with Gasteiger partial charge in [-0.25, -0.2) is 0 Å². The van der Waals surface area contributed by atoms with E-state index in [0.29, 0.717) is 0 Å². The Balaban J connectivity index is 1.87. The second-order valence-electron chi connectivity index (χ2n) is 5.76. The number of halogens is 1. The van der Waals surface area contributed by atoms with Crippen molar-refractivity contribution in [3.8, 4) is 0 Å². The Morgan fingerprint density at radius 2 is 2.00 bits per heavy atom. The van der Waals surface area contributed by atoms with Gasteiger partial charge in [-0.1, -0.05) is 47.8 Å². The van der Waals surface area contributed by atoms with Crippen LogP contribution in [-0.2, 0) is 4.79 Å². The highest BCUT2D eigenvalue weighted by atomic mass is 79.9. The SMILES string of the molecule is CCCCC(Br)C(=O)N1CCN(c2cccc(C)c2)CC1. The molecule has 1 aromatic rings. The fourth-order valence-electron chi connectivity index (χ4n) is 2.71. The first-order valence-electron chi connectivity index (χ1n) is 7.86. The quantitative estimate of drug-likeness (QED) is 0.756. The first kappa shape index (κ1) is 16.3. The second-order valence-corrected chi connectivity index (χ2v) is 6.87. The van der Waals surface area contributed by atoms with Crippen molar-refractivity contribution in [2.24, 2.45) is 0 Å². The van der Waals surface area contributed by atoms with Crippen molar-refractivity contribution in [2.75, 3.05) is 31.1 Å². The fourth-order valence-corrected chi connectivity index (χ4v) is 3.33. The molecule has 1 fully saturated rings. The molecule has 1 aromatic carbocycles. The highest BCUT2D eigenvalue weighted by Gasteiger charge is 2.25. The van der Waals surface area contributed by atoms with Crippen molar-refractivity contribution < 1.29 is 4.79 Å². The molecule has 4 heteroatoms. The number of hydrogen-bond acceptors (Lipinski definition) is 2. The van der Waals surface area contributed by atoms with Crippen LogP contribution < -0.4 is 4.90 Å². The van der Waals surface area contributed by atoms with E-state index < -0.39 is 0 Å². The van der Waals surface area contributed by atoms with Gasteiger partial charge in [0.15, 0.2) is 0 Å². The number of benzene rings is 1. The van der Waals surface area contributed by atoms with Gasteiger partial charge in [0.25, 0.3) is 0 Å². The number of nitrogens with zero attached hydrogens (tertiary/aromatic N) is 2. The van der Waals surface area contributed by atoms with E-state index in [9.17, 15) is 4.79 Å². The molecule has 1 heterocycles. The monoisotopic (exact) mass is 352 g/mol. The summed E-state index contributed by atoms with van der Waals surface area (Å²) < 4.78 is 0. The molecule has 1 aliphatic rings. The molecule has 0 aromatic heterocycles. The standard InChI is InChI=1S/C17H25BrN2O/c1-3-4-8-16(18)17(21)20-11-9-19(10-12-20)15-7-5-6-14(2)13-15/h5-7,13,16H,3-4,8-12H2,1-2H3.